The van der Waals surface area contributed by atoms with Crippen molar-refractivity contribution in [1.82, 2.24) is 4.98 Å². The molecule has 82 valence electrons. The zero-order valence-electron chi connectivity index (χ0n) is 8.74. The molecule has 0 saturated carbocycles. The molecule has 0 N–H and O–H groups in total. The number of nitrogens with zero attached hydrogens (tertiary/aromatic N) is 1. The molecule has 0 aliphatic heterocycles. The SMILES string of the molecule is Cc1ncsc1C(=O)Cc1ccc(I)cc1. The fraction of sp³-hybridized carbons (Fsp3) is 0.167. The molecule has 0 aliphatic carbocycles. The molecule has 0 aliphatic rings. The van der Waals surface area contributed by atoms with Gasteiger partial charge in [0.05, 0.1) is 16.1 Å². The molecule has 0 saturated heterocycles. The summed E-state index contributed by atoms with van der Waals surface area (Å²) in [5.41, 5.74) is 3.61. The van der Waals surface area contributed by atoms with E-state index in [9.17, 15) is 4.79 Å². The molecule has 0 atom stereocenters. The lowest BCUT2D eigenvalue weighted by atomic mass is 10.1. The number of Topliss-reactive ketones (excluding diaryl/α,β-unsaturated/α-hetero) is 1. The maximum atomic E-state index is 11.9. The summed E-state index contributed by atoms with van der Waals surface area (Å²) in [6.45, 7) is 1.87. The molecule has 1 heterocycles. The highest BCUT2D eigenvalue weighted by Crippen LogP contribution is 2.16. The third-order valence-corrected chi connectivity index (χ3v) is 3.97. The first-order valence-corrected chi connectivity index (χ1v) is 6.80. The summed E-state index contributed by atoms with van der Waals surface area (Å²) >= 11 is 3.67. The highest BCUT2D eigenvalue weighted by molar-refractivity contribution is 14.1. The first-order chi connectivity index (χ1) is 7.66. The number of aryl methyl sites for hydroxylation is 1. The second-order valence-electron chi connectivity index (χ2n) is 3.49. The first-order valence-electron chi connectivity index (χ1n) is 4.84. The largest absolute Gasteiger partial charge is 0.293 e. The van der Waals surface area contributed by atoms with Crippen molar-refractivity contribution in [3.05, 3.63) is 49.5 Å². The number of ketones is 1. The maximum Gasteiger partial charge on any atom is 0.179 e. The van der Waals surface area contributed by atoms with Gasteiger partial charge in [-0.25, -0.2) is 4.98 Å². The Morgan fingerprint density at radius 2 is 2.06 bits per heavy atom. The van der Waals surface area contributed by atoms with E-state index < -0.39 is 0 Å². The van der Waals surface area contributed by atoms with Gasteiger partial charge in [-0.15, -0.1) is 11.3 Å². The van der Waals surface area contributed by atoms with Crippen molar-refractivity contribution in [3.8, 4) is 0 Å². The average molecular weight is 343 g/mol. The van der Waals surface area contributed by atoms with Crippen LogP contribution in [0.25, 0.3) is 0 Å². The molecule has 0 spiro atoms. The van der Waals surface area contributed by atoms with Gasteiger partial charge < -0.3 is 0 Å². The summed E-state index contributed by atoms with van der Waals surface area (Å²) in [5, 5.41) is 0. The lowest BCUT2D eigenvalue weighted by Crippen LogP contribution is -2.03. The highest BCUT2D eigenvalue weighted by atomic mass is 127. The maximum absolute atomic E-state index is 11.9. The highest BCUT2D eigenvalue weighted by Gasteiger charge is 2.12. The van der Waals surface area contributed by atoms with E-state index in [1.165, 1.54) is 14.9 Å². The van der Waals surface area contributed by atoms with E-state index in [4.69, 9.17) is 0 Å². The zero-order chi connectivity index (χ0) is 11.5. The number of aromatic nitrogens is 1. The molecule has 2 rings (SSSR count). The lowest BCUT2D eigenvalue weighted by Gasteiger charge is -2.00. The van der Waals surface area contributed by atoms with Crippen LogP contribution in [0.5, 0.6) is 0 Å². The lowest BCUT2D eigenvalue weighted by molar-refractivity contribution is 0.0996. The Labute approximate surface area is 112 Å². The number of halogens is 1. The molecule has 16 heavy (non-hydrogen) atoms. The molecular weight excluding hydrogens is 333 g/mol. The van der Waals surface area contributed by atoms with Crippen LogP contribution in [-0.2, 0) is 6.42 Å². The Morgan fingerprint density at radius 3 is 2.62 bits per heavy atom. The van der Waals surface area contributed by atoms with Crippen LogP contribution in [0.15, 0.2) is 29.8 Å². The standard InChI is InChI=1S/C12H10INOS/c1-8-12(16-7-14-8)11(15)6-9-2-4-10(13)5-3-9/h2-5,7H,6H2,1H3. The Balaban J connectivity index is 2.14. The van der Waals surface area contributed by atoms with Crippen molar-refractivity contribution in [2.75, 3.05) is 0 Å². The van der Waals surface area contributed by atoms with Crippen molar-refractivity contribution < 1.29 is 4.79 Å². The fourth-order valence-corrected chi connectivity index (χ4v) is 2.54. The molecule has 1 aromatic carbocycles. The summed E-state index contributed by atoms with van der Waals surface area (Å²) < 4.78 is 1.18. The minimum atomic E-state index is 0.154. The van der Waals surface area contributed by atoms with Crippen LogP contribution in [0, 0.1) is 10.5 Å². The summed E-state index contributed by atoms with van der Waals surface area (Å²) in [4.78, 5) is 16.8. The van der Waals surface area contributed by atoms with E-state index in [1.54, 1.807) is 5.51 Å². The molecule has 2 aromatic rings. The van der Waals surface area contributed by atoms with E-state index in [2.05, 4.69) is 27.6 Å². The van der Waals surface area contributed by atoms with Crippen LogP contribution in [0.3, 0.4) is 0 Å². The van der Waals surface area contributed by atoms with Crippen LogP contribution >= 0.6 is 33.9 Å². The second kappa shape index (κ2) is 5.05. The van der Waals surface area contributed by atoms with Gasteiger partial charge >= 0.3 is 0 Å². The Bertz CT molecular complexity index is 504. The van der Waals surface area contributed by atoms with Gasteiger partial charge in [-0.1, -0.05) is 12.1 Å². The van der Waals surface area contributed by atoms with E-state index in [-0.39, 0.29) is 5.78 Å². The van der Waals surface area contributed by atoms with Gasteiger partial charge in [0.25, 0.3) is 0 Å². The monoisotopic (exact) mass is 343 g/mol. The first kappa shape index (κ1) is 11.7. The molecule has 4 heteroatoms. The number of carbonyl (C=O) groups excluding carboxylic acids is 1. The van der Waals surface area contributed by atoms with E-state index in [1.807, 2.05) is 31.2 Å². The Morgan fingerprint density at radius 1 is 1.38 bits per heavy atom. The molecule has 0 bridgehead atoms. The average Bonchev–Trinajstić information content (AvgIpc) is 2.68. The van der Waals surface area contributed by atoms with Crippen molar-refractivity contribution >= 4 is 39.7 Å². The van der Waals surface area contributed by atoms with E-state index >= 15 is 0 Å². The predicted molar refractivity (Wildman–Crippen MR) is 74.0 cm³/mol. The van der Waals surface area contributed by atoms with Gasteiger partial charge in [0.15, 0.2) is 5.78 Å². The third kappa shape index (κ3) is 2.68. The third-order valence-electron chi connectivity index (χ3n) is 2.28. The normalized spacial score (nSPS) is 10.4. The van der Waals surface area contributed by atoms with Gasteiger partial charge in [0, 0.05) is 9.99 Å². The molecule has 0 unspecified atom stereocenters. The van der Waals surface area contributed by atoms with Gasteiger partial charge in [0.2, 0.25) is 0 Å². The molecule has 0 radical (unpaired) electrons. The molecular formula is C12H10INOS. The summed E-state index contributed by atoms with van der Waals surface area (Å²) in [6, 6.07) is 8.03. The summed E-state index contributed by atoms with van der Waals surface area (Å²) in [6.07, 6.45) is 0.458. The predicted octanol–water partition coefficient (Wildman–Crippen LogP) is 3.48. The zero-order valence-corrected chi connectivity index (χ0v) is 11.7. The number of carbonyl (C=O) groups is 1. The number of rotatable bonds is 3. The van der Waals surface area contributed by atoms with Crippen LogP contribution in [-0.4, -0.2) is 10.8 Å². The van der Waals surface area contributed by atoms with Crippen molar-refractivity contribution in [1.29, 1.82) is 0 Å². The number of benzene rings is 1. The smallest absolute Gasteiger partial charge is 0.179 e. The quantitative estimate of drug-likeness (QED) is 0.631. The van der Waals surface area contributed by atoms with Gasteiger partial charge in [0.1, 0.15) is 0 Å². The van der Waals surface area contributed by atoms with Crippen molar-refractivity contribution in [2.24, 2.45) is 0 Å². The van der Waals surface area contributed by atoms with Gasteiger partial charge in [-0.2, -0.15) is 0 Å². The van der Waals surface area contributed by atoms with Crippen molar-refractivity contribution in [3.63, 3.8) is 0 Å². The molecule has 2 nitrogen and oxygen atoms in total. The van der Waals surface area contributed by atoms with Crippen molar-refractivity contribution in [2.45, 2.75) is 13.3 Å². The number of hydrogen-bond acceptors (Lipinski definition) is 3. The van der Waals surface area contributed by atoms with E-state index in [0.717, 1.165) is 16.1 Å². The van der Waals surface area contributed by atoms with E-state index in [0.29, 0.717) is 6.42 Å². The number of hydrogen-bond donors (Lipinski definition) is 0. The molecule has 0 amide bonds. The Kier molecular flexibility index (Phi) is 3.70. The summed E-state index contributed by atoms with van der Waals surface area (Å²) in [7, 11) is 0. The number of thiazole rings is 1. The Hall–Kier alpha value is -0.750. The molecule has 1 aromatic heterocycles. The van der Waals surface area contributed by atoms with Gasteiger partial charge in [-0.3, -0.25) is 4.79 Å². The van der Waals surface area contributed by atoms with Gasteiger partial charge in [-0.05, 0) is 47.2 Å². The molecule has 0 fully saturated rings. The second-order valence-corrected chi connectivity index (χ2v) is 5.59. The minimum absolute atomic E-state index is 0.154. The van der Waals surface area contributed by atoms with Crippen LogP contribution in [0.2, 0.25) is 0 Å². The summed E-state index contributed by atoms with van der Waals surface area (Å²) in [5.74, 6) is 0.154. The topological polar surface area (TPSA) is 30.0 Å². The minimum Gasteiger partial charge on any atom is -0.293 e. The van der Waals surface area contributed by atoms with Crippen LogP contribution < -0.4 is 0 Å². The van der Waals surface area contributed by atoms with Crippen LogP contribution in [0.1, 0.15) is 20.9 Å². The fourth-order valence-electron chi connectivity index (χ4n) is 1.44. The van der Waals surface area contributed by atoms with Crippen LogP contribution in [0.4, 0.5) is 0 Å².